The van der Waals surface area contributed by atoms with Crippen LogP contribution in [0, 0.1) is 6.92 Å². The zero-order chi connectivity index (χ0) is 17.1. The van der Waals surface area contributed by atoms with E-state index in [9.17, 15) is 14.4 Å². The first-order valence-electron chi connectivity index (χ1n) is 7.25. The lowest BCUT2D eigenvalue weighted by Gasteiger charge is -2.27. The van der Waals surface area contributed by atoms with E-state index in [1.807, 2.05) is 0 Å². The van der Waals surface area contributed by atoms with Gasteiger partial charge in [0, 0.05) is 0 Å². The second-order valence-corrected chi connectivity index (χ2v) is 5.14. The molecule has 1 aliphatic heterocycles. The molecule has 1 saturated heterocycles. The summed E-state index contributed by atoms with van der Waals surface area (Å²) in [4.78, 5) is 37.6. The van der Waals surface area contributed by atoms with Crippen LogP contribution in [0.3, 0.4) is 0 Å². The molecule has 6 heteroatoms. The molecule has 2 aromatic rings. The van der Waals surface area contributed by atoms with Gasteiger partial charge in [-0.1, -0.05) is 24.3 Å². The maximum absolute atomic E-state index is 12.6. The third-order valence-corrected chi connectivity index (χ3v) is 3.52. The molecule has 1 aromatic heterocycles. The van der Waals surface area contributed by atoms with E-state index in [0.29, 0.717) is 11.4 Å². The molecule has 1 aromatic carbocycles. The van der Waals surface area contributed by atoms with Crippen LogP contribution in [0.1, 0.15) is 11.3 Å². The molecule has 4 amide bonds. The molecular weight excluding hydrogens is 308 g/mol. The van der Waals surface area contributed by atoms with Crippen LogP contribution < -0.4 is 10.2 Å². The number of urea groups is 1. The first kappa shape index (κ1) is 15.5. The molecule has 0 atom stereocenters. The van der Waals surface area contributed by atoms with Gasteiger partial charge in [0.25, 0.3) is 11.8 Å². The van der Waals surface area contributed by atoms with Crippen molar-refractivity contribution in [2.75, 3.05) is 4.90 Å². The largest absolute Gasteiger partial charge is 0.465 e. The third kappa shape index (κ3) is 2.89. The zero-order valence-corrected chi connectivity index (χ0v) is 12.9. The highest BCUT2D eigenvalue weighted by Crippen LogP contribution is 2.23. The lowest BCUT2D eigenvalue weighted by Crippen LogP contribution is -2.54. The zero-order valence-electron chi connectivity index (χ0n) is 12.9. The van der Waals surface area contributed by atoms with Gasteiger partial charge >= 0.3 is 6.03 Å². The van der Waals surface area contributed by atoms with Gasteiger partial charge in [-0.25, -0.2) is 9.69 Å². The van der Waals surface area contributed by atoms with E-state index in [4.69, 9.17) is 4.42 Å². The van der Waals surface area contributed by atoms with E-state index < -0.39 is 17.8 Å². The minimum Gasteiger partial charge on any atom is -0.465 e. The molecular formula is C18H14N2O4. The van der Waals surface area contributed by atoms with Gasteiger partial charge < -0.3 is 4.42 Å². The second kappa shape index (κ2) is 6.37. The number of carbonyl (C=O) groups is 3. The number of benzene rings is 1. The van der Waals surface area contributed by atoms with Gasteiger partial charge in [-0.3, -0.25) is 14.9 Å². The Kier molecular flexibility index (Phi) is 4.11. The van der Waals surface area contributed by atoms with E-state index >= 15 is 0 Å². The second-order valence-electron chi connectivity index (χ2n) is 5.14. The lowest BCUT2D eigenvalue weighted by atomic mass is 10.1. The molecule has 2 heterocycles. The van der Waals surface area contributed by atoms with Crippen molar-refractivity contribution < 1.29 is 18.8 Å². The normalized spacial score (nSPS) is 17.0. The summed E-state index contributed by atoms with van der Waals surface area (Å²) in [5.41, 5.74) is 1.06. The first-order chi connectivity index (χ1) is 11.6. The highest BCUT2D eigenvalue weighted by Gasteiger charge is 2.36. The Morgan fingerprint density at radius 2 is 1.88 bits per heavy atom. The number of nitrogens with zero attached hydrogens (tertiary/aromatic N) is 1. The molecule has 24 heavy (non-hydrogen) atoms. The van der Waals surface area contributed by atoms with Gasteiger partial charge in [-0.05, 0) is 42.8 Å². The number of para-hydroxylation sites is 1. The average molecular weight is 322 g/mol. The number of hydrogen-bond acceptors (Lipinski definition) is 4. The predicted molar refractivity (Wildman–Crippen MR) is 88.0 cm³/mol. The molecule has 120 valence electrons. The Labute approximate surface area is 138 Å². The number of allylic oxidation sites excluding steroid dienone is 2. The third-order valence-electron chi connectivity index (χ3n) is 3.52. The molecule has 0 saturated carbocycles. The van der Waals surface area contributed by atoms with Gasteiger partial charge in [-0.2, -0.15) is 0 Å². The monoisotopic (exact) mass is 322 g/mol. The number of carbonyl (C=O) groups excluding carboxylic acids is 3. The van der Waals surface area contributed by atoms with E-state index in [0.717, 1.165) is 10.5 Å². The van der Waals surface area contributed by atoms with E-state index in [-0.39, 0.29) is 5.57 Å². The van der Waals surface area contributed by atoms with Crippen LogP contribution >= 0.6 is 0 Å². The lowest BCUT2D eigenvalue weighted by molar-refractivity contribution is -0.122. The molecule has 0 spiro atoms. The van der Waals surface area contributed by atoms with E-state index in [1.54, 1.807) is 49.4 Å². The van der Waals surface area contributed by atoms with Crippen LogP contribution in [0.15, 0.2) is 64.8 Å². The number of anilines is 1. The van der Waals surface area contributed by atoms with E-state index in [1.165, 1.54) is 18.4 Å². The van der Waals surface area contributed by atoms with Crippen molar-refractivity contribution in [1.82, 2.24) is 5.32 Å². The number of amides is 4. The summed E-state index contributed by atoms with van der Waals surface area (Å²) in [6, 6.07) is 9.67. The van der Waals surface area contributed by atoms with Crippen molar-refractivity contribution in [3.05, 3.63) is 71.7 Å². The number of aryl methyl sites for hydroxylation is 1. The van der Waals surface area contributed by atoms with Crippen LogP contribution in [0.5, 0.6) is 0 Å². The standard InChI is InChI=1S/C18H14N2O4/c1-12-6-2-3-10-15(12)20-17(22)14(16(21)19-18(20)23)9-4-7-13-8-5-11-24-13/h2-11H,1H3,(H,19,21,23)/b7-4+,14-9+. The number of rotatable bonds is 3. The molecule has 3 rings (SSSR count). The van der Waals surface area contributed by atoms with Gasteiger partial charge in [-0.15, -0.1) is 0 Å². The quantitative estimate of drug-likeness (QED) is 0.696. The topological polar surface area (TPSA) is 79.6 Å². The summed E-state index contributed by atoms with van der Waals surface area (Å²) >= 11 is 0. The molecule has 0 unspecified atom stereocenters. The Morgan fingerprint density at radius 1 is 1.08 bits per heavy atom. The number of barbiturate groups is 1. The Bertz CT molecular complexity index is 863. The highest BCUT2D eigenvalue weighted by molar-refractivity contribution is 6.37. The van der Waals surface area contributed by atoms with Crippen molar-refractivity contribution in [2.45, 2.75) is 6.92 Å². The highest BCUT2D eigenvalue weighted by atomic mass is 16.3. The van der Waals surface area contributed by atoms with Crippen LogP contribution in [0.25, 0.3) is 6.08 Å². The fraction of sp³-hybridized carbons (Fsp3) is 0.0556. The summed E-state index contributed by atoms with van der Waals surface area (Å²) < 4.78 is 5.13. The fourth-order valence-corrected chi connectivity index (χ4v) is 2.34. The summed E-state index contributed by atoms with van der Waals surface area (Å²) in [5.74, 6) is -0.802. The molecule has 6 nitrogen and oxygen atoms in total. The fourth-order valence-electron chi connectivity index (χ4n) is 2.34. The predicted octanol–water partition coefficient (Wildman–Crippen LogP) is 2.81. The van der Waals surface area contributed by atoms with Crippen molar-refractivity contribution in [1.29, 1.82) is 0 Å². The maximum Gasteiger partial charge on any atom is 0.335 e. The van der Waals surface area contributed by atoms with E-state index in [2.05, 4.69) is 5.32 Å². The minimum atomic E-state index is -0.758. The molecule has 0 aliphatic carbocycles. The molecule has 0 bridgehead atoms. The summed E-state index contributed by atoms with van der Waals surface area (Å²) in [7, 11) is 0. The summed E-state index contributed by atoms with van der Waals surface area (Å²) in [6.07, 6.45) is 6.02. The van der Waals surface area contributed by atoms with Crippen molar-refractivity contribution >= 4 is 29.6 Å². The van der Waals surface area contributed by atoms with Gasteiger partial charge in [0.1, 0.15) is 11.3 Å². The molecule has 1 N–H and O–H groups in total. The SMILES string of the molecule is Cc1ccccc1N1C(=O)NC(=O)/C(=C\C=C\c2ccco2)C1=O. The average Bonchev–Trinajstić information content (AvgIpc) is 3.05. The Morgan fingerprint density at radius 3 is 2.58 bits per heavy atom. The summed E-state index contributed by atoms with van der Waals surface area (Å²) in [5, 5.41) is 2.18. The Hall–Kier alpha value is -3.41. The maximum atomic E-state index is 12.6. The summed E-state index contributed by atoms with van der Waals surface area (Å²) in [6.45, 7) is 1.78. The Balaban J connectivity index is 1.93. The smallest absolute Gasteiger partial charge is 0.335 e. The van der Waals surface area contributed by atoms with Crippen LogP contribution in [-0.2, 0) is 9.59 Å². The van der Waals surface area contributed by atoms with Crippen LogP contribution in [-0.4, -0.2) is 17.8 Å². The minimum absolute atomic E-state index is 0.124. The van der Waals surface area contributed by atoms with Crippen molar-refractivity contribution in [3.63, 3.8) is 0 Å². The molecule has 0 radical (unpaired) electrons. The number of imide groups is 2. The molecule has 1 fully saturated rings. The first-order valence-corrected chi connectivity index (χ1v) is 7.25. The van der Waals surface area contributed by atoms with Crippen LogP contribution in [0.4, 0.5) is 10.5 Å². The van der Waals surface area contributed by atoms with Crippen molar-refractivity contribution in [2.24, 2.45) is 0 Å². The van der Waals surface area contributed by atoms with Crippen molar-refractivity contribution in [3.8, 4) is 0 Å². The van der Waals surface area contributed by atoms with Gasteiger partial charge in [0.15, 0.2) is 0 Å². The number of nitrogens with one attached hydrogen (secondary N) is 1. The number of furan rings is 1. The van der Waals surface area contributed by atoms with Gasteiger partial charge in [0.05, 0.1) is 12.0 Å². The van der Waals surface area contributed by atoms with Gasteiger partial charge in [0.2, 0.25) is 0 Å². The number of hydrogen-bond donors (Lipinski definition) is 1. The van der Waals surface area contributed by atoms with Crippen LogP contribution in [0.2, 0.25) is 0 Å². The molecule has 1 aliphatic rings.